The minimum absolute atomic E-state index is 0.0563. The van der Waals surface area contributed by atoms with E-state index in [0.29, 0.717) is 18.7 Å². The van der Waals surface area contributed by atoms with E-state index in [1.165, 1.54) is 27.4 Å². The lowest BCUT2D eigenvalue weighted by atomic mass is 10.1. The van der Waals surface area contributed by atoms with E-state index in [0.717, 1.165) is 0 Å². The number of rotatable bonds is 4. The molecule has 2 aromatic rings. The van der Waals surface area contributed by atoms with Gasteiger partial charge >= 0.3 is 0 Å². The highest BCUT2D eigenvalue weighted by Gasteiger charge is 2.33. The number of hydrogen-bond donors (Lipinski definition) is 0. The molecule has 1 aliphatic rings. The topological polar surface area (TPSA) is 127 Å². The summed E-state index contributed by atoms with van der Waals surface area (Å²) in [5, 5.41) is 14.8. The summed E-state index contributed by atoms with van der Waals surface area (Å²) in [5.74, 6) is -0.154. The molecule has 0 aliphatic carbocycles. The predicted octanol–water partition coefficient (Wildman–Crippen LogP) is 2.50. The molecule has 2 heterocycles. The van der Waals surface area contributed by atoms with Crippen molar-refractivity contribution in [2.75, 3.05) is 26.2 Å². The van der Waals surface area contributed by atoms with Crippen LogP contribution in [-0.2, 0) is 10.0 Å². The Hall–Kier alpha value is -2.31. The normalized spacial score (nSPS) is 15.9. The molecule has 1 fully saturated rings. The van der Waals surface area contributed by atoms with Crippen LogP contribution in [0.1, 0.15) is 28.2 Å². The molecule has 1 saturated heterocycles. The summed E-state index contributed by atoms with van der Waals surface area (Å²) in [6.45, 7) is 3.98. The monoisotopic (exact) mass is 486 g/mol. The van der Waals surface area contributed by atoms with Crippen molar-refractivity contribution in [3.05, 3.63) is 49.8 Å². The van der Waals surface area contributed by atoms with Crippen LogP contribution in [0.4, 0.5) is 5.69 Å². The van der Waals surface area contributed by atoms with Crippen LogP contribution >= 0.6 is 15.9 Å². The minimum atomic E-state index is -3.80. The number of halogens is 1. The molecule has 1 aromatic heterocycles. The van der Waals surface area contributed by atoms with E-state index in [4.69, 9.17) is 4.52 Å². The van der Waals surface area contributed by atoms with Gasteiger partial charge in [-0.15, -0.1) is 0 Å². The molecular formula is C17H19BrN4O6S. The average molecular weight is 487 g/mol. The highest BCUT2D eigenvalue weighted by Crippen LogP contribution is 2.27. The van der Waals surface area contributed by atoms with Gasteiger partial charge in [0.05, 0.1) is 9.40 Å². The molecule has 0 bridgehead atoms. The number of aryl methyl sites for hydroxylation is 2. The standard InChI is InChI=1S/C17H19BrN4O6S/c1-11-16(12(2)28-19-11)29(26,27)21-7-3-6-20(8-9-21)17(23)13-4-5-14(18)15(10-13)22(24)25/h4-5,10H,3,6-9H2,1-2H3. The van der Waals surface area contributed by atoms with Crippen molar-refractivity contribution in [3.8, 4) is 0 Å². The van der Waals surface area contributed by atoms with Crippen molar-refractivity contribution in [2.24, 2.45) is 0 Å². The molecule has 0 atom stereocenters. The zero-order chi connectivity index (χ0) is 21.3. The Balaban J connectivity index is 1.79. The smallest absolute Gasteiger partial charge is 0.284 e. The van der Waals surface area contributed by atoms with Crippen LogP contribution in [0.3, 0.4) is 0 Å². The van der Waals surface area contributed by atoms with E-state index in [-0.39, 0.29) is 51.9 Å². The largest absolute Gasteiger partial charge is 0.360 e. The third kappa shape index (κ3) is 4.19. The van der Waals surface area contributed by atoms with Gasteiger partial charge in [0.2, 0.25) is 10.0 Å². The molecule has 1 aromatic carbocycles. The SMILES string of the molecule is Cc1noc(C)c1S(=O)(=O)N1CCCN(C(=O)c2ccc(Br)c([N+](=O)[O-])c2)CC1. The Labute approximate surface area is 175 Å². The summed E-state index contributed by atoms with van der Waals surface area (Å²) < 4.78 is 32.6. The summed E-state index contributed by atoms with van der Waals surface area (Å²) in [6, 6.07) is 4.18. The zero-order valence-corrected chi connectivity index (χ0v) is 18.2. The molecule has 156 valence electrons. The van der Waals surface area contributed by atoms with E-state index in [1.807, 2.05) is 0 Å². The first-order valence-corrected chi connectivity index (χ1v) is 11.0. The highest BCUT2D eigenvalue weighted by molar-refractivity contribution is 9.10. The summed E-state index contributed by atoms with van der Waals surface area (Å²) in [5.41, 5.74) is 0.275. The lowest BCUT2D eigenvalue weighted by molar-refractivity contribution is -0.385. The van der Waals surface area contributed by atoms with Gasteiger partial charge < -0.3 is 9.42 Å². The fourth-order valence-electron chi connectivity index (χ4n) is 3.28. The highest BCUT2D eigenvalue weighted by atomic mass is 79.9. The number of nitrogens with zero attached hydrogens (tertiary/aromatic N) is 4. The summed E-state index contributed by atoms with van der Waals surface area (Å²) in [6.07, 6.45) is 0.437. The Bertz CT molecular complexity index is 1050. The lowest BCUT2D eigenvalue weighted by Gasteiger charge is -2.22. The minimum Gasteiger partial charge on any atom is -0.360 e. The fraction of sp³-hybridized carbons (Fsp3) is 0.412. The van der Waals surface area contributed by atoms with E-state index < -0.39 is 14.9 Å². The number of benzene rings is 1. The van der Waals surface area contributed by atoms with Crippen LogP contribution in [0.25, 0.3) is 0 Å². The molecule has 12 heteroatoms. The Morgan fingerprint density at radius 3 is 2.59 bits per heavy atom. The van der Waals surface area contributed by atoms with Gasteiger partial charge in [0.1, 0.15) is 10.6 Å². The summed E-state index contributed by atoms with van der Waals surface area (Å²) in [7, 11) is -3.80. The number of amides is 1. The number of sulfonamides is 1. The summed E-state index contributed by atoms with van der Waals surface area (Å²) in [4.78, 5) is 24.9. The maximum atomic E-state index is 13.0. The molecule has 0 radical (unpaired) electrons. The molecule has 3 rings (SSSR count). The Morgan fingerprint density at radius 1 is 1.24 bits per heavy atom. The van der Waals surface area contributed by atoms with Crippen LogP contribution in [0.2, 0.25) is 0 Å². The first kappa shape index (κ1) is 21.4. The van der Waals surface area contributed by atoms with Gasteiger partial charge in [-0.3, -0.25) is 14.9 Å². The second-order valence-corrected chi connectivity index (χ2v) is 9.36. The molecule has 0 spiro atoms. The maximum Gasteiger partial charge on any atom is 0.284 e. The third-order valence-electron chi connectivity index (χ3n) is 4.70. The van der Waals surface area contributed by atoms with Gasteiger partial charge in [-0.1, -0.05) is 5.16 Å². The van der Waals surface area contributed by atoms with E-state index in [1.54, 1.807) is 13.8 Å². The molecule has 0 N–H and O–H groups in total. The van der Waals surface area contributed by atoms with Crippen LogP contribution < -0.4 is 0 Å². The fourth-order valence-corrected chi connectivity index (χ4v) is 5.43. The van der Waals surface area contributed by atoms with Crippen molar-refractivity contribution in [3.63, 3.8) is 0 Å². The third-order valence-corrected chi connectivity index (χ3v) is 7.51. The van der Waals surface area contributed by atoms with Gasteiger partial charge in [-0.05, 0) is 48.3 Å². The van der Waals surface area contributed by atoms with Crippen LogP contribution in [0, 0.1) is 24.0 Å². The summed E-state index contributed by atoms with van der Waals surface area (Å²) >= 11 is 3.10. The number of nitro groups is 1. The van der Waals surface area contributed by atoms with Gasteiger partial charge in [-0.25, -0.2) is 8.42 Å². The predicted molar refractivity (Wildman–Crippen MR) is 106 cm³/mol. The second-order valence-electron chi connectivity index (χ2n) is 6.63. The molecule has 1 amide bonds. The molecule has 29 heavy (non-hydrogen) atoms. The van der Waals surface area contributed by atoms with Crippen LogP contribution in [0.5, 0.6) is 0 Å². The first-order chi connectivity index (χ1) is 13.6. The number of hydrogen-bond acceptors (Lipinski definition) is 7. The molecule has 0 saturated carbocycles. The Morgan fingerprint density at radius 2 is 1.97 bits per heavy atom. The van der Waals surface area contributed by atoms with Crippen molar-refractivity contribution in [1.29, 1.82) is 0 Å². The maximum absolute atomic E-state index is 13.0. The molecular weight excluding hydrogens is 468 g/mol. The van der Waals surface area contributed by atoms with Crippen LogP contribution in [-0.4, -0.2) is 59.8 Å². The lowest BCUT2D eigenvalue weighted by Crippen LogP contribution is -2.37. The number of carbonyl (C=O) groups is 1. The van der Waals surface area contributed by atoms with Crippen molar-refractivity contribution < 1.29 is 22.7 Å². The molecule has 1 aliphatic heterocycles. The average Bonchev–Trinajstić information content (AvgIpc) is 2.86. The van der Waals surface area contributed by atoms with Gasteiger partial charge in [0.15, 0.2) is 5.76 Å². The molecule has 10 nitrogen and oxygen atoms in total. The Kier molecular flexibility index (Phi) is 6.05. The number of nitro benzene ring substituents is 1. The van der Waals surface area contributed by atoms with E-state index in [2.05, 4.69) is 21.1 Å². The van der Waals surface area contributed by atoms with Gasteiger partial charge in [0.25, 0.3) is 11.6 Å². The van der Waals surface area contributed by atoms with E-state index in [9.17, 15) is 23.3 Å². The van der Waals surface area contributed by atoms with Crippen molar-refractivity contribution >= 4 is 37.5 Å². The number of carbonyl (C=O) groups excluding carboxylic acids is 1. The van der Waals surface area contributed by atoms with Crippen LogP contribution in [0.15, 0.2) is 32.1 Å². The van der Waals surface area contributed by atoms with Gasteiger partial charge in [-0.2, -0.15) is 4.31 Å². The van der Waals surface area contributed by atoms with Gasteiger partial charge in [0, 0.05) is 37.8 Å². The molecule has 0 unspecified atom stereocenters. The number of aromatic nitrogens is 1. The zero-order valence-electron chi connectivity index (χ0n) is 15.8. The quantitative estimate of drug-likeness (QED) is 0.479. The van der Waals surface area contributed by atoms with E-state index >= 15 is 0 Å². The van der Waals surface area contributed by atoms with Crippen molar-refractivity contribution in [1.82, 2.24) is 14.4 Å². The second kappa shape index (κ2) is 8.20. The first-order valence-electron chi connectivity index (χ1n) is 8.79. The van der Waals surface area contributed by atoms with Crippen molar-refractivity contribution in [2.45, 2.75) is 25.2 Å².